The van der Waals surface area contributed by atoms with Gasteiger partial charge in [0.15, 0.2) is 0 Å². The molecule has 0 amide bonds. The zero-order valence-electron chi connectivity index (χ0n) is 9.93. The first-order chi connectivity index (χ1) is 8.25. The van der Waals surface area contributed by atoms with Crippen molar-refractivity contribution in [3.63, 3.8) is 0 Å². The van der Waals surface area contributed by atoms with Crippen molar-refractivity contribution in [1.82, 2.24) is 0 Å². The summed E-state index contributed by atoms with van der Waals surface area (Å²) in [7, 11) is -0.892. The number of benzene rings is 2. The van der Waals surface area contributed by atoms with Gasteiger partial charge in [0, 0.05) is 10.6 Å². The monoisotopic (exact) mass is 244 g/mol. The summed E-state index contributed by atoms with van der Waals surface area (Å²) in [5.41, 5.74) is 2.45. The van der Waals surface area contributed by atoms with Gasteiger partial charge >= 0.3 is 0 Å². The lowest BCUT2D eigenvalue weighted by Gasteiger charge is -2.03. The van der Waals surface area contributed by atoms with E-state index in [-0.39, 0.29) is 0 Å². The van der Waals surface area contributed by atoms with E-state index in [1.54, 1.807) is 0 Å². The fraction of sp³-hybridized carbons (Fsp3) is 0.200. The lowest BCUT2D eigenvalue weighted by Crippen LogP contribution is -2.01. The molecule has 0 aliphatic heterocycles. The maximum absolute atomic E-state index is 12.0. The Morgan fingerprint density at radius 2 is 1.59 bits per heavy atom. The van der Waals surface area contributed by atoms with Gasteiger partial charge in [0.05, 0.1) is 10.8 Å². The highest BCUT2D eigenvalue weighted by Gasteiger charge is 2.03. The summed E-state index contributed by atoms with van der Waals surface area (Å²) in [6, 6.07) is 18.1. The van der Waals surface area contributed by atoms with Crippen LogP contribution in [0.3, 0.4) is 0 Å². The van der Waals surface area contributed by atoms with Gasteiger partial charge in [0.1, 0.15) is 0 Å². The van der Waals surface area contributed by atoms with Crippen molar-refractivity contribution in [3.8, 4) is 0 Å². The smallest absolute Gasteiger partial charge is 0.0532 e. The van der Waals surface area contributed by atoms with Gasteiger partial charge in [-0.05, 0) is 31.0 Å². The van der Waals surface area contributed by atoms with Crippen LogP contribution in [0.2, 0.25) is 0 Å². The summed E-state index contributed by atoms with van der Waals surface area (Å²) >= 11 is 0. The molecule has 0 spiro atoms. The van der Waals surface area contributed by atoms with Crippen molar-refractivity contribution in [2.45, 2.75) is 18.2 Å². The van der Waals surface area contributed by atoms with E-state index in [0.717, 1.165) is 11.3 Å². The third-order valence-corrected chi connectivity index (χ3v) is 4.08. The topological polar surface area (TPSA) is 17.1 Å². The molecule has 1 nitrogen and oxygen atoms in total. The number of hydrogen-bond donors (Lipinski definition) is 0. The second-order valence-electron chi connectivity index (χ2n) is 4.10. The Kier molecular flexibility index (Phi) is 4.10. The molecule has 0 radical (unpaired) electrons. The van der Waals surface area contributed by atoms with E-state index >= 15 is 0 Å². The van der Waals surface area contributed by atoms with Crippen molar-refractivity contribution < 1.29 is 4.21 Å². The molecule has 0 saturated carbocycles. The summed E-state index contributed by atoms with van der Waals surface area (Å²) in [6.45, 7) is 2.04. The van der Waals surface area contributed by atoms with Crippen LogP contribution < -0.4 is 0 Å². The van der Waals surface area contributed by atoms with E-state index in [4.69, 9.17) is 0 Å². The second-order valence-corrected chi connectivity index (χ2v) is 5.67. The van der Waals surface area contributed by atoms with Crippen LogP contribution in [0.15, 0.2) is 59.5 Å². The van der Waals surface area contributed by atoms with Crippen LogP contribution in [-0.2, 0) is 17.2 Å². The van der Waals surface area contributed by atoms with Crippen molar-refractivity contribution in [1.29, 1.82) is 0 Å². The van der Waals surface area contributed by atoms with Crippen LogP contribution in [0.25, 0.3) is 0 Å². The molecule has 1 atom stereocenters. The molecule has 0 N–H and O–H groups in total. The molecule has 2 aromatic carbocycles. The van der Waals surface area contributed by atoms with Crippen molar-refractivity contribution >= 4 is 10.8 Å². The Labute approximate surface area is 105 Å². The first kappa shape index (κ1) is 12.1. The molecule has 0 unspecified atom stereocenters. The third-order valence-electron chi connectivity index (χ3n) is 2.70. The summed E-state index contributed by atoms with van der Waals surface area (Å²) in [5, 5.41) is 0. The highest BCUT2D eigenvalue weighted by atomic mass is 32.2. The van der Waals surface area contributed by atoms with Crippen LogP contribution >= 0.6 is 0 Å². The SMILES string of the molecule is Cc1ccc([S@](=O)CCc2ccccc2)cc1. The van der Waals surface area contributed by atoms with Crippen molar-refractivity contribution in [2.24, 2.45) is 0 Å². The average molecular weight is 244 g/mol. The zero-order chi connectivity index (χ0) is 12.1. The van der Waals surface area contributed by atoms with E-state index in [9.17, 15) is 4.21 Å². The fourth-order valence-corrected chi connectivity index (χ4v) is 2.76. The molecule has 17 heavy (non-hydrogen) atoms. The highest BCUT2D eigenvalue weighted by Crippen LogP contribution is 2.10. The molecular formula is C15H16OS. The van der Waals surface area contributed by atoms with Gasteiger partial charge in [0.25, 0.3) is 0 Å². The molecule has 0 heterocycles. The minimum Gasteiger partial charge on any atom is -0.254 e. The molecule has 88 valence electrons. The number of aryl methyl sites for hydroxylation is 2. The highest BCUT2D eigenvalue weighted by molar-refractivity contribution is 7.85. The Bertz CT molecular complexity index is 488. The van der Waals surface area contributed by atoms with Crippen LogP contribution in [0, 0.1) is 6.92 Å². The number of hydrogen-bond acceptors (Lipinski definition) is 1. The van der Waals surface area contributed by atoms with Gasteiger partial charge in [-0.2, -0.15) is 0 Å². The Morgan fingerprint density at radius 3 is 2.24 bits per heavy atom. The summed E-state index contributed by atoms with van der Waals surface area (Å²) < 4.78 is 12.0. The molecule has 0 bridgehead atoms. The summed E-state index contributed by atoms with van der Waals surface area (Å²) in [6.07, 6.45) is 0.862. The summed E-state index contributed by atoms with van der Waals surface area (Å²) in [4.78, 5) is 0.923. The van der Waals surface area contributed by atoms with Crippen LogP contribution in [0.4, 0.5) is 0 Å². The minimum atomic E-state index is -0.892. The number of rotatable bonds is 4. The average Bonchev–Trinajstić information content (AvgIpc) is 2.38. The van der Waals surface area contributed by atoms with E-state index in [0.29, 0.717) is 5.75 Å². The molecule has 0 aliphatic carbocycles. The lowest BCUT2D eigenvalue weighted by atomic mass is 10.2. The molecule has 0 fully saturated rings. The first-order valence-corrected chi connectivity index (χ1v) is 7.06. The Hall–Kier alpha value is -1.41. The molecular weight excluding hydrogens is 228 g/mol. The van der Waals surface area contributed by atoms with Crippen LogP contribution in [0.5, 0.6) is 0 Å². The maximum Gasteiger partial charge on any atom is 0.0532 e. The van der Waals surface area contributed by atoms with E-state index < -0.39 is 10.8 Å². The van der Waals surface area contributed by atoms with Gasteiger partial charge in [0.2, 0.25) is 0 Å². The molecule has 0 saturated heterocycles. The predicted octanol–water partition coefficient (Wildman–Crippen LogP) is 3.35. The normalized spacial score (nSPS) is 12.3. The van der Waals surface area contributed by atoms with Gasteiger partial charge in [-0.15, -0.1) is 0 Å². The van der Waals surface area contributed by atoms with Crippen LogP contribution in [-0.4, -0.2) is 9.96 Å². The van der Waals surface area contributed by atoms with Gasteiger partial charge < -0.3 is 0 Å². The van der Waals surface area contributed by atoms with Crippen molar-refractivity contribution in [2.75, 3.05) is 5.75 Å². The van der Waals surface area contributed by atoms with E-state index in [1.807, 2.05) is 49.4 Å². The molecule has 2 rings (SSSR count). The third kappa shape index (κ3) is 3.53. The maximum atomic E-state index is 12.0. The van der Waals surface area contributed by atoms with Crippen LogP contribution in [0.1, 0.15) is 11.1 Å². The summed E-state index contributed by atoms with van der Waals surface area (Å²) in [5.74, 6) is 0.688. The zero-order valence-corrected chi connectivity index (χ0v) is 10.7. The first-order valence-electron chi connectivity index (χ1n) is 5.75. The predicted molar refractivity (Wildman–Crippen MR) is 72.6 cm³/mol. The van der Waals surface area contributed by atoms with Gasteiger partial charge in [-0.3, -0.25) is 4.21 Å². The fourth-order valence-electron chi connectivity index (χ4n) is 1.66. The largest absolute Gasteiger partial charge is 0.254 e. The molecule has 0 aliphatic rings. The van der Waals surface area contributed by atoms with E-state index in [2.05, 4.69) is 12.1 Å². The van der Waals surface area contributed by atoms with Gasteiger partial charge in [-0.25, -0.2) is 0 Å². The molecule has 2 aromatic rings. The lowest BCUT2D eigenvalue weighted by molar-refractivity contribution is 0.682. The van der Waals surface area contributed by atoms with Crippen molar-refractivity contribution in [3.05, 3.63) is 65.7 Å². The van der Waals surface area contributed by atoms with E-state index in [1.165, 1.54) is 11.1 Å². The Morgan fingerprint density at radius 1 is 0.941 bits per heavy atom. The molecule has 2 heteroatoms. The standard InChI is InChI=1S/C15H16OS/c1-13-7-9-15(10-8-13)17(16)12-11-14-5-3-2-4-6-14/h2-10H,11-12H2,1H3/t17-/m1/s1. The molecule has 0 aromatic heterocycles. The van der Waals surface area contributed by atoms with Gasteiger partial charge in [-0.1, -0.05) is 48.0 Å². The quantitative estimate of drug-likeness (QED) is 0.806. The second kappa shape index (κ2) is 5.78. The Balaban J connectivity index is 1.96. The minimum absolute atomic E-state index is 0.688.